The van der Waals surface area contributed by atoms with Gasteiger partial charge in [-0.25, -0.2) is 4.98 Å². The summed E-state index contributed by atoms with van der Waals surface area (Å²) in [6.45, 7) is 1.79. The molecule has 3 heterocycles. The van der Waals surface area contributed by atoms with Gasteiger partial charge in [0.05, 0.1) is 11.7 Å². The van der Waals surface area contributed by atoms with Crippen LogP contribution in [0.5, 0.6) is 0 Å². The molecule has 0 aliphatic carbocycles. The Bertz CT molecular complexity index is 542. The molecule has 0 saturated heterocycles. The molecule has 2 aromatic heterocycles. The van der Waals surface area contributed by atoms with Crippen LogP contribution in [0, 0.1) is 0 Å². The predicted octanol–water partition coefficient (Wildman–Crippen LogP) is 0.630. The summed E-state index contributed by atoms with van der Waals surface area (Å²) < 4.78 is 0. The van der Waals surface area contributed by atoms with E-state index in [2.05, 4.69) is 15.3 Å². The Morgan fingerprint density at radius 1 is 1.50 bits per heavy atom. The lowest BCUT2D eigenvalue weighted by atomic mass is 10.1. The summed E-state index contributed by atoms with van der Waals surface area (Å²) >= 11 is 1.64. The summed E-state index contributed by atoms with van der Waals surface area (Å²) in [4.78, 5) is 20.6. The van der Waals surface area contributed by atoms with Gasteiger partial charge < -0.3 is 10.3 Å². The van der Waals surface area contributed by atoms with Crippen LogP contribution < -0.4 is 10.9 Å². The monoisotopic (exact) mass is 207 g/mol. The van der Waals surface area contributed by atoms with Gasteiger partial charge in [-0.1, -0.05) is 0 Å². The highest BCUT2D eigenvalue weighted by Gasteiger charge is 2.17. The first-order valence-electron chi connectivity index (χ1n) is 4.55. The van der Waals surface area contributed by atoms with Crippen molar-refractivity contribution in [3.63, 3.8) is 0 Å². The fraction of sp³-hybridized carbons (Fsp3) is 0.333. The number of fused-ring (bicyclic) bond motifs is 3. The molecule has 0 fully saturated rings. The average molecular weight is 207 g/mol. The van der Waals surface area contributed by atoms with Crippen molar-refractivity contribution in [1.82, 2.24) is 15.3 Å². The average Bonchev–Trinajstić information content (AvgIpc) is 2.57. The lowest BCUT2D eigenvalue weighted by molar-refractivity contribution is 0.655. The van der Waals surface area contributed by atoms with Crippen LogP contribution in [0.1, 0.15) is 10.4 Å². The van der Waals surface area contributed by atoms with Crippen molar-refractivity contribution in [2.75, 3.05) is 6.54 Å². The van der Waals surface area contributed by atoms with E-state index in [-0.39, 0.29) is 5.56 Å². The minimum Gasteiger partial charge on any atom is -0.313 e. The van der Waals surface area contributed by atoms with Gasteiger partial charge in [0.1, 0.15) is 4.83 Å². The lowest BCUT2D eigenvalue weighted by Gasteiger charge is -2.11. The Kier molecular flexibility index (Phi) is 1.68. The lowest BCUT2D eigenvalue weighted by Crippen LogP contribution is -2.23. The standard InChI is InChI=1S/C9H9N3OS/c13-8-7-5-3-10-2-1-6(5)14-9(7)12-4-11-8/h4,10H,1-3H2,(H,11,12,13). The third-order valence-electron chi connectivity index (χ3n) is 2.51. The van der Waals surface area contributed by atoms with Gasteiger partial charge in [-0.05, 0) is 12.0 Å². The number of aromatic nitrogens is 2. The molecule has 72 valence electrons. The normalized spacial score (nSPS) is 15.7. The van der Waals surface area contributed by atoms with E-state index in [9.17, 15) is 4.79 Å². The molecule has 0 atom stereocenters. The number of nitrogens with one attached hydrogen (secondary N) is 2. The second-order valence-electron chi connectivity index (χ2n) is 3.34. The van der Waals surface area contributed by atoms with Crippen molar-refractivity contribution >= 4 is 21.6 Å². The van der Waals surface area contributed by atoms with Crippen LogP contribution in [0.3, 0.4) is 0 Å². The number of hydrogen-bond acceptors (Lipinski definition) is 4. The van der Waals surface area contributed by atoms with Crippen LogP contribution >= 0.6 is 11.3 Å². The van der Waals surface area contributed by atoms with Gasteiger partial charge in [0, 0.05) is 18.0 Å². The Hall–Kier alpha value is -1.20. The highest BCUT2D eigenvalue weighted by molar-refractivity contribution is 7.18. The molecule has 1 aliphatic rings. The SMILES string of the molecule is O=c1[nH]cnc2sc3c(c12)CNCC3. The summed E-state index contributed by atoms with van der Waals surface area (Å²) in [6.07, 6.45) is 2.48. The van der Waals surface area contributed by atoms with Crippen molar-refractivity contribution in [2.24, 2.45) is 0 Å². The van der Waals surface area contributed by atoms with E-state index in [1.807, 2.05) is 0 Å². The van der Waals surface area contributed by atoms with Crippen molar-refractivity contribution in [3.05, 3.63) is 27.1 Å². The Morgan fingerprint density at radius 2 is 2.43 bits per heavy atom. The zero-order valence-corrected chi connectivity index (χ0v) is 8.28. The van der Waals surface area contributed by atoms with Crippen LogP contribution in [0.25, 0.3) is 10.2 Å². The van der Waals surface area contributed by atoms with Crippen LogP contribution in [-0.4, -0.2) is 16.5 Å². The highest BCUT2D eigenvalue weighted by Crippen LogP contribution is 2.29. The number of nitrogens with zero attached hydrogens (tertiary/aromatic N) is 1. The van der Waals surface area contributed by atoms with Crippen LogP contribution in [0.15, 0.2) is 11.1 Å². The van der Waals surface area contributed by atoms with E-state index in [4.69, 9.17) is 0 Å². The molecule has 0 unspecified atom stereocenters. The van der Waals surface area contributed by atoms with E-state index in [1.165, 1.54) is 11.2 Å². The van der Waals surface area contributed by atoms with Gasteiger partial charge in [-0.2, -0.15) is 0 Å². The topological polar surface area (TPSA) is 57.8 Å². The fourth-order valence-corrected chi connectivity index (χ4v) is 3.01. The number of H-pyrrole nitrogens is 1. The highest BCUT2D eigenvalue weighted by atomic mass is 32.1. The van der Waals surface area contributed by atoms with Crippen molar-refractivity contribution in [1.29, 1.82) is 0 Å². The van der Waals surface area contributed by atoms with Crippen molar-refractivity contribution < 1.29 is 0 Å². The van der Waals surface area contributed by atoms with Gasteiger partial charge in [0.2, 0.25) is 0 Å². The number of hydrogen-bond donors (Lipinski definition) is 2. The maximum Gasteiger partial charge on any atom is 0.259 e. The van der Waals surface area contributed by atoms with E-state index < -0.39 is 0 Å². The van der Waals surface area contributed by atoms with Crippen molar-refractivity contribution in [3.8, 4) is 0 Å². The zero-order valence-electron chi connectivity index (χ0n) is 7.46. The Balaban J connectivity index is 2.44. The maximum atomic E-state index is 11.6. The van der Waals surface area contributed by atoms with E-state index in [0.717, 1.165) is 35.3 Å². The molecule has 0 aromatic carbocycles. The van der Waals surface area contributed by atoms with Gasteiger partial charge in [-0.3, -0.25) is 4.79 Å². The second kappa shape index (κ2) is 2.90. The molecular weight excluding hydrogens is 198 g/mol. The van der Waals surface area contributed by atoms with Gasteiger partial charge >= 0.3 is 0 Å². The van der Waals surface area contributed by atoms with Crippen LogP contribution in [-0.2, 0) is 13.0 Å². The second-order valence-corrected chi connectivity index (χ2v) is 4.43. The van der Waals surface area contributed by atoms with E-state index >= 15 is 0 Å². The quantitative estimate of drug-likeness (QED) is 0.666. The summed E-state index contributed by atoms with van der Waals surface area (Å²) in [5.41, 5.74) is 1.13. The summed E-state index contributed by atoms with van der Waals surface area (Å²) in [6, 6.07) is 0. The fourth-order valence-electron chi connectivity index (χ4n) is 1.85. The Morgan fingerprint density at radius 3 is 3.36 bits per heavy atom. The molecule has 3 rings (SSSR count). The third-order valence-corrected chi connectivity index (χ3v) is 3.71. The molecular formula is C9H9N3OS. The number of thiophene rings is 1. The summed E-state index contributed by atoms with van der Waals surface area (Å²) in [5, 5.41) is 4.05. The van der Waals surface area contributed by atoms with Crippen molar-refractivity contribution in [2.45, 2.75) is 13.0 Å². The van der Waals surface area contributed by atoms with E-state index in [0.29, 0.717) is 0 Å². The molecule has 1 aliphatic heterocycles. The molecule has 0 bridgehead atoms. The number of rotatable bonds is 0. The minimum atomic E-state index is -0.0174. The molecule has 5 heteroatoms. The van der Waals surface area contributed by atoms with Gasteiger partial charge in [0.15, 0.2) is 0 Å². The molecule has 0 amide bonds. The van der Waals surface area contributed by atoms with Gasteiger partial charge in [-0.15, -0.1) is 11.3 Å². The molecule has 14 heavy (non-hydrogen) atoms. The largest absolute Gasteiger partial charge is 0.313 e. The Labute approximate surface area is 84.0 Å². The third kappa shape index (κ3) is 1.03. The van der Waals surface area contributed by atoms with Gasteiger partial charge in [0.25, 0.3) is 5.56 Å². The van der Waals surface area contributed by atoms with Crippen LogP contribution in [0.2, 0.25) is 0 Å². The molecule has 2 aromatic rings. The first kappa shape index (κ1) is 8.14. The molecule has 0 spiro atoms. The molecule has 4 nitrogen and oxygen atoms in total. The predicted molar refractivity (Wildman–Crippen MR) is 55.7 cm³/mol. The number of aromatic amines is 1. The molecule has 0 radical (unpaired) electrons. The zero-order chi connectivity index (χ0) is 9.54. The molecule has 0 saturated carbocycles. The summed E-state index contributed by atoms with van der Waals surface area (Å²) in [7, 11) is 0. The van der Waals surface area contributed by atoms with Crippen LogP contribution in [0.4, 0.5) is 0 Å². The molecule has 2 N–H and O–H groups in total. The first-order chi connectivity index (χ1) is 6.86. The minimum absolute atomic E-state index is 0.0174. The summed E-state index contributed by atoms with van der Waals surface area (Å²) in [5.74, 6) is 0. The smallest absolute Gasteiger partial charge is 0.259 e. The maximum absolute atomic E-state index is 11.6. The van der Waals surface area contributed by atoms with E-state index in [1.54, 1.807) is 11.3 Å². The first-order valence-corrected chi connectivity index (χ1v) is 5.36.